The molecule has 1 aromatic heterocycles. The van der Waals surface area contributed by atoms with Crippen molar-refractivity contribution in [3.05, 3.63) is 77.0 Å². The molecule has 3 aromatic rings. The van der Waals surface area contributed by atoms with Crippen LogP contribution < -0.4 is 5.32 Å². The van der Waals surface area contributed by atoms with Gasteiger partial charge in [0.05, 0.1) is 10.6 Å². The second kappa shape index (κ2) is 6.60. The van der Waals surface area contributed by atoms with Gasteiger partial charge in [0.2, 0.25) is 0 Å². The Kier molecular flexibility index (Phi) is 4.35. The van der Waals surface area contributed by atoms with Crippen LogP contribution in [0.3, 0.4) is 0 Å². The van der Waals surface area contributed by atoms with Crippen molar-refractivity contribution in [2.24, 2.45) is 0 Å². The van der Waals surface area contributed by atoms with E-state index in [1.165, 1.54) is 24.3 Å². The van der Waals surface area contributed by atoms with Crippen LogP contribution in [-0.4, -0.2) is 17.0 Å². The molecule has 0 radical (unpaired) electrons. The predicted molar refractivity (Wildman–Crippen MR) is 90.5 cm³/mol. The van der Waals surface area contributed by atoms with E-state index in [9.17, 15) is 9.59 Å². The quantitative estimate of drug-likeness (QED) is 0.729. The highest BCUT2D eigenvalue weighted by Gasteiger charge is 2.14. The van der Waals surface area contributed by atoms with Crippen molar-refractivity contribution >= 4 is 29.2 Å². The fourth-order valence-corrected chi connectivity index (χ4v) is 2.38. The van der Waals surface area contributed by atoms with Gasteiger partial charge in [0.15, 0.2) is 5.76 Å². The smallest absolute Gasteiger partial charge is 0.335 e. The van der Waals surface area contributed by atoms with Crippen molar-refractivity contribution in [3.63, 3.8) is 0 Å². The summed E-state index contributed by atoms with van der Waals surface area (Å²) in [6, 6.07) is 16.2. The molecule has 24 heavy (non-hydrogen) atoms. The normalized spacial score (nSPS) is 10.4. The van der Waals surface area contributed by atoms with E-state index in [-0.39, 0.29) is 11.3 Å². The number of carbonyl (C=O) groups excluding carboxylic acids is 1. The number of hydrogen-bond donors (Lipinski definition) is 2. The zero-order valence-corrected chi connectivity index (χ0v) is 13.1. The maximum absolute atomic E-state index is 12.2. The van der Waals surface area contributed by atoms with Crippen molar-refractivity contribution in [1.82, 2.24) is 0 Å². The Hall–Kier alpha value is -3.05. The van der Waals surface area contributed by atoms with Gasteiger partial charge in [0.25, 0.3) is 5.91 Å². The van der Waals surface area contributed by atoms with E-state index in [1.54, 1.807) is 24.3 Å². The van der Waals surface area contributed by atoms with E-state index < -0.39 is 11.9 Å². The lowest BCUT2D eigenvalue weighted by molar-refractivity contribution is 0.0696. The number of amides is 1. The lowest BCUT2D eigenvalue weighted by Crippen LogP contribution is -2.11. The molecule has 2 N–H and O–H groups in total. The summed E-state index contributed by atoms with van der Waals surface area (Å²) >= 11 is 6.11. The summed E-state index contributed by atoms with van der Waals surface area (Å²) in [5.74, 6) is -0.834. The summed E-state index contributed by atoms with van der Waals surface area (Å²) < 4.78 is 5.56. The van der Waals surface area contributed by atoms with Crippen molar-refractivity contribution in [2.75, 3.05) is 5.32 Å². The van der Waals surface area contributed by atoms with Crippen LogP contribution in [-0.2, 0) is 0 Å². The number of halogens is 1. The van der Waals surface area contributed by atoms with E-state index >= 15 is 0 Å². The third-order valence-electron chi connectivity index (χ3n) is 3.36. The molecule has 6 heteroatoms. The first-order chi connectivity index (χ1) is 11.5. The third-order valence-corrected chi connectivity index (χ3v) is 3.69. The summed E-state index contributed by atoms with van der Waals surface area (Å²) in [5, 5.41) is 12.0. The van der Waals surface area contributed by atoms with Gasteiger partial charge in [0, 0.05) is 11.3 Å². The molecule has 0 aliphatic rings. The Labute approximate surface area is 142 Å². The fraction of sp³-hybridized carbons (Fsp3) is 0. The van der Waals surface area contributed by atoms with Crippen LogP contribution in [0.5, 0.6) is 0 Å². The van der Waals surface area contributed by atoms with Gasteiger partial charge < -0.3 is 14.8 Å². The number of anilines is 1. The van der Waals surface area contributed by atoms with Gasteiger partial charge in [-0.15, -0.1) is 0 Å². The number of carboxylic acid groups (broad SMARTS) is 1. The Balaban J connectivity index is 1.76. The molecule has 1 heterocycles. The van der Waals surface area contributed by atoms with Crippen LogP contribution in [0.4, 0.5) is 5.69 Å². The third kappa shape index (κ3) is 3.31. The summed E-state index contributed by atoms with van der Waals surface area (Å²) in [7, 11) is 0. The number of aromatic carboxylic acids is 1. The minimum atomic E-state index is -1.02. The van der Waals surface area contributed by atoms with Gasteiger partial charge in [0.1, 0.15) is 5.76 Å². The van der Waals surface area contributed by atoms with E-state index in [1.807, 2.05) is 12.1 Å². The minimum Gasteiger partial charge on any atom is -0.478 e. The molecular weight excluding hydrogens is 330 g/mol. The Morgan fingerprint density at radius 2 is 1.67 bits per heavy atom. The van der Waals surface area contributed by atoms with Crippen LogP contribution in [0.2, 0.25) is 5.02 Å². The zero-order valence-electron chi connectivity index (χ0n) is 12.3. The fourth-order valence-electron chi connectivity index (χ4n) is 2.15. The standard InChI is InChI=1S/C18H12ClNO4/c19-14-4-2-1-3-13(14)15-9-10-16(24-15)17(21)20-12-7-5-11(6-8-12)18(22)23/h1-10H,(H,20,21)(H,22,23). The van der Waals surface area contributed by atoms with Crippen LogP contribution in [0, 0.1) is 0 Å². The molecule has 5 nitrogen and oxygen atoms in total. The van der Waals surface area contributed by atoms with Gasteiger partial charge in [-0.2, -0.15) is 0 Å². The largest absolute Gasteiger partial charge is 0.478 e. The number of rotatable bonds is 4. The zero-order chi connectivity index (χ0) is 17.1. The molecule has 0 spiro atoms. The van der Waals surface area contributed by atoms with Crippen LogP contribution in [0.1, 0.15) is 20.9 Å². The molecular formula is C18H12ClNO4. The van der Waals surface area contributed by atoms with Crippen molar-refractivity contribution in [3.8, 4) is 11.3 Å². The van der Waals surface area contributed by atoms with Gasteiger partial charge in [-0.25, -0.2) is 4.79 Å². The molecule has 120 valence electrons. The van der Waals surface area contributed by atoms with Crippen molar-refractivity contribution in [1.29, 1.82) is 0 Å². The van der Waals surface area contributed by atoms with E-state index in [0.29, 0.717) is 22.0 Å². The first kappa shape index (κ1) is 15.8. The summed E-state index contributed by atoms with van der Waals surface area (Å²) in [5.41, 5.74) is 1.32. The minimum absolute atomic E-state index is 0.132. The van der Waals surface area contributed by atoms with Crippen LogP contribution in [0.25, 0.3) is 11.3 Å². The second-order valence-electron chi connectivity index (χ2n) is 4.98. The van der Waals surface area contributed by atoms with Gasteiger partial charge in [-0.3, -0.25) is 4.79 Å². The molecule has 2 aromatic carbocycles. The number of carbonyl (C=O) groups is 2. The van der Waals surface area contributed by atoms with Crippen LogP contribution in [0.15, 0.2) is 65.1 Å². The highest BCUT2D eigenvalue weighted by molar-refractivity contribution is 6.33. The Morgan fingerprint density at radius 3 is 2.33 bits per heavy atom. The lowest BCUT2D eigenvalue weighted by atomic mass is 10.2. The molecule has 0 unspecified atom stereocenters. The van der Waals surface area contributed by atoms with Crippen LogP contribution >= 0.6 is 11.6 Å². The predicted octanol–water partition coefficient (Wildman–Crippen LogP) is 4.55. The van der Waals surface area contributed by atoms with E-state index in [0.717, 1.165) is 0 Å². The molecule has 0 saturated carbocycles. The first-order valence-electron chi connectivity index (χ1n) is 7.04. The summed E-state index contributed by atoms with van der Waals surface area (Å²) in [4.78, 5) is 23.0. The lowest BCUT2D eigenvalue weighted by Gasteiger charge is -2.04. The number of nitrogens with one attached hydrogen (secondary N) is 1. The number of carboxylic acids is 1. The Morgan fingerprint density at radius 1 is 0.958 bits per heavy atom. The second-order valence-corrected chi connectivity index (χ2v) is 5.39. The maximum Gasteiger partial charge on any atom is 0.335 e. The van der Waals surface area contributed by atoms with Crippen molar-refractivity contribution in [2.45, 2.75) is 0 Å². The molecule has 0 bridgehead atoms. The highest BCUT2D eigenvalue weighted by Crippen LogP contribution is 2.29. The summed E-state index contributed by atoms with van der Waals surface area (Å²) in [6.07, 6.45) is 0. The average molecular weight is 342 g/mol. The highest BCUT2D eigenvalue weighted by atomic mass is 35.5. The molecule has 0 fully saturated rings. The average Bonchev–Trinajstić information content (AvgIpc) is 3.05. The molecule has 0 aliphatic heterocycles. The molecule has 1 amide bonds. The molecule has 0 aliphatic carbocycles. The number of benzene rings is 2. The molecule has 3 rings (SSSR count). The topological polar surface area (TPSA) is 79.5 Å². The molecule has 0 atom stereocenters. The first-order valence-corrected chi connectivity index (χ1v) is 7.42. The van der Waals surface area contributed by atoms with Crippen molar-refractivity contribution < 1.29 is 19.1 Å². The SMILES string of the molecule is O=C(O)c1ccc(NC(=O)c2ccc(-c3ccccc3Cl)o2)cc1. The van der Waals surface area contributed by atoms with Gasteiger partial charge >= 0.3 is 5.97 Å². The van der Waals surface area contributed by atoms with E-state index in [4.69, 9.17) is 21.1 Å². The van der Waals surface area contributed by atoms with Gasteiger partial charge in [-0.1, -0.05) is 23.7 Å². The van der Waals surface area contributed by atoms with Gasteiger partial charge in [-0.05, 0) is 48.5 Å². The Bertz CT molecular complexity index is 899. The monoisotopic (exact) mass is 341 g/mol. The summed E-state index contributed by atoms with van der Waals surface area (Å²) in [6.45, 7) is 0. The number of hydrogen-bond acceptors (Lipinski definition) is 3. The van der Waals surface area contributed by atoms with E-state index in [2.05, 4.69) is 5.32 Å². The number of furan rings is 1. The maximum atomic E-state index is 12.2. The molecule has 0 saturated heterocycles.